The average molecular weight is 381 g/mol. The van der Waals surface area contributed by atoms with Gasteiger partial charge in [0, 0.05) is 19.5 Å². The maximum Gasteiger partial charge on any atom is 0.273 e. The van der Waals surface area contributed by atoms with Crippen molar-refractivity contribution in [3.05, 3.63) is 45.0 Å². The first kappa shape index (κ1) is 20.2. The van der Waals surface area contributed by atoms with E-state index in [-0.39, 0.29) is 42.4 Å². The first-order valence-corrected chi connectivity index (χ1v) is 8.74. The van der Waals surface area contributed by atoms with Gasteiger partial charge in [-0.15, -0.1) is 12.4 Å². The molecule has 2 aromatic rings. The molecule has 1 saturated heterocycles. The second kappa shape index (κ2) is 9.00. The van der Waals surface area contributed by atoms with Crippen LogP contribution in [-0.4, -0.2) is 47.3 Å². The lowest BCUT2D eigenvalue weighted by Gasteiger charge is -2.32. The molecular weight excluding hydrogens is 356 g/mol. The first-order chi connectivity index (χ1) is 12.1. The normalized spacial score (nSPS) is 15.0. The van der Waals surface area contributed by atoms with Crippen molar-refractivity contribution in [2.75, 3.05) is 26.7 Å². The monoisotopic (exact) mass is 380 g/mol. The van der Waals surface area contributed by atoms with E-state index in [1.165, 1.54) is 4.68 Å². The predicted molar refractivity (Wildman–Crippen MR) is 104 cm³/mol. The zero-order valence-electron chi connectivity index (χ0n) is 14.9. The summed E-state index contributed by atoms with van der Waals surface area (Å²) in [6, 6.07) is 6.72. The molecule has 1 aromatic heterocycles. The number of carbonyl (C=O) groups excluding carboxylic acids is 1. The fourth-order valence-electron chi connectivity index (χ4n) is 3.44. The number of benzene rings is 1. The number of aromatic amines is 1. The van der Waals surface area contributed by atoms with Gasteiger partial charge in [0.1, 0.15) is 0 Å². The van der Waals surface area contributed by atoms with E-state index in [9.17, 15) is 14.4 Å². The molecule has 2 N–H and O–H groups in total. The molecule has 0 aliphatic carbocycles. The summed E-state index contributed by atoms with van der Waals surface area (Å²) >= 11 is 0. The van der Waals surface area contributed by atoms with Crippen molar-refractivity contribution in [1.29, 1.82) is 0 Å². The molecule has 7 nitrogen and oxygen atoms in total. The molecule has 0 radical (unpaired) electrons. The Hall–Kier alpha value is -2.12. The number of aryl methyl sites for hydroxylation is 1. The number of fused-ring (bicyclic) bond motifs is 1. The largest absolute Gasteiger partial charge is 0.343 e. The summed E-state index contributed by atoms with van der Waals surface area (Å²) in [4.78, 5) is 38.8. The molecule has 0 atom stereocenters. The smallest absolute Gasteiger partial charge is 0.273 e. The quantitative estimate of drug-likeness (QED) is 0.808. The van der Waals surface area contributed by atoms with Crippen LogP contribution in [0.1, 0.15) is 19.3 Å². The number of hydrogen-bond acceptors (Lipinski definition) is 4. The standard InChI is InChI=1S/C18H24N4O3.ClH/c1-19-12-13-6-9-21(10-7-13)16(23)8-11-22-18(25)15-5-3-2-4-14(15)17(24)20-22;/h2-5,13,19H,6-12H2,1H3,(H,20,24);1H. The number of amides is 1. The van der Waals surface area contributed by atoms with Crippen LogP contribution >= 0.6 is 12.4 Å². The van der Waals surface area contributed by atoms with E-state index < -0.39 is 0 Å². The number of carbonyl (C=O) groups is 1. The highest BCUT2D eigenvalue weighted by molar-refractivity contribution is 5.85. The van der Waals surface area contributed by atoms with Crippen LogP contribution in [0.2, 0.25) is 0 Å². The summed E-state index contributed by atoms with van der Waals surface area (Å²) in [7, 11) is 1.94. The van der Waals surface area contributed by atoms with Gasteiger partial charge in [-0.25, -0.2) is 4.68 Å². The topological polar surface area (TPSA) is 87.2 Å². The molecule has 1 amide bonds. The number of rotatable bonds is 5. The van der Waals surface area contributed by atoms with Gasteiger partial charge in [0.2, 0.25) is 5.91 Å². The van der Waals surface area contributed by atoms with Gasteiger partial charge in [-0.3, -0.25) is 19.5 Å². The summed E-state index contributed by atoms with van der Waals surface area (Å²) in [6.07, 6.45) is 2.21. The molecule has 1 aliphatic rings. The van der Waals surface area contributed by atoms with Crippen LogP contribution in [0.3, 0.4) is 0 Å². The molecule has 0 saturated carbocycles. The third kappa shape index (κ3) is 4.34. The minimum absolute atomic E-state index is 0. The Labute approximate surface area is 157 Å². The van der Waals surface area contributed by atoms with Gasteiger partial charge < -0.3 is 10.2 Å². The second-order valence-corrected chi connectivity index (χ2v) is 6.58. The summed E-state index contributed by atoms with van der Waals surface area (Å²) < 4.78 is 1.25. The van der Waals surface area contributed by atoms with Crippen LogP contribution in [0.15, 0.2) is 33.9 Å². The van der Waals surface area contributed by atoms with E-state index in [2.05, 4.69) is 10.4 Å². The van der Waals surface area contributed by atoms with Crippen LogP contribution in [-0.2, 0) is 11.3 Å². The molecule has 0 unspecified atom stereocenters. The fraction of sp³-hybridized carbons (Fsp3) is 0.500. The highest BCUT2D eigenvalue weighted by atomic mass is 35.5. The van der Waals surface area contributed by atoms with Crippen LogP contribution in [0.4, 0.5) is 0 Å². The number of nitrogens with zero attached hydrogens (tertiary/aromatic N) is 2. The molecule has 0 spiro atoms. The van der Waals surface area contributed by atoms with Crippen molar-refractivity contribution in [1.82, 2.24) is 20.0 Å². The Kier molecular flexibility index (Phi) is 6.99. The Morgan fingerprint density at radius 3 is 2.50 bits per heavy atom. The summed E-state index contributed by atoms with van der Waals surface area (Å²) in [5.41, 5.74) is -0.578. The van der Waals surface area contributed by atoms with E-state index in [0.717, 1.165) is 32.5 Å². The van der Waals surface area contributed by atoms with Crippen LogP contribution in [0, 0.1) is 5.92 Å². The third-order valence-electron chi connectivity index (χ3n) is 4.89. The van der Waals surface area contributed by atoms with E-state index in [4.69, 9.17) is 0 Å². The van der Waals surface area contributed by atoms with Crippen LogP contribution in [0.25, 0.3) is 10.8 Å². The molecule has 1 aliphatic heterocycles. The molecule has 142 valence electrons. The van der Waals surface area contributed by atoms with Crippen LogP contribution in [0.5, 0.6) is 0 Å². The molecule has 2 heterocycles. The molecule has 0 bridgehead atoms. The number of likely N-dealkylation sites (tertiary alicyclic amines) is 1. The number of nitrogens with one attached hydrogen (secondary N) is 2. The van der Waals surface area contributed by atoms with Crippen molar-refractivity contribution in [3.8, 4) is 0 Å². The lowest BCUT2D eigenvalue weighted by molar-refractivity contribution is -0.132. The molecule has 3 rings (SSSR count). The maximum atomic E-state index is 12.4. The van der Waals surface area contributed by atoms with E-state index in [0.29, 0.717) is 16.7 Å². The minimum atomic E-state index is -0.310. The van der Waals surface area contributed by atoms with Gasteiger partial charge in [-0.2, -0.15) is 0 Å². The average Bonchev–Trinajstić information content (AvgIpc) is 2.64. The van der Waals surface area contributed by atoms with Crippen molar-refractivity contribution in [2.45, 2.75) is 25.8 Å². The predicted octanol–water partition coefficient (Wildman–Crippen LogP) is 0.960. The first-order valence-electron chi connectivity index (χ1n) is 8.74. The number of H-pyrrole nitrogens is 1. The van der Waals surface area contributed by atoms with Crippen molar-refractivity contribution in [2.24, 2.45) is 5.92 Å². The van der Waals surface area contributed by atoms with Crippen molar-refractivity contribution < 1.29 is 4.79 Å². The lowest BCUT2D eigenvalue weighted by Crippen LogP contribution is -2.41. The Balaban J connectivity index is 0.00000243. The number of aromatic nitrogens is 2. The third-order valence-corrected chi connectivity index (χ3v) is 4.89. The Morgan fingerprint density at radius 1 is 1.19 bits per heavy atom. The summed E-state index contributed by atoms with van der Waals surface area (Å²) in [6.45, 7) is 2.69. The zero-order chi connectivity index (χ0) is 17.8. The number of halogens is 1. The second-order valence-electron chi connectivity index (χ2n) is 6.58. The van der Waals surface area contributed by atoms with Gasteiger partial charge >= 0.3 is 0 Å². The van der Waals surface area contributed by atoms with Crippen molar-refractivity contribution >= 4 is 29.1 Å². The highest BCUT2D eigenvalue weighted by Crippen LogP contribution is 2.17. The van der Waals surface area contributed by atoms with Gasteiger partial charge in [-0.1, -0.05) is 12.1 Å². The van der Waals surface area contributed by atoms with Gasteiger partial charge in [-0.05, 0) is 44.5 Å². The van der Waals surface area contributed by atoms with Gasteiger partial charge in [0.15, 0.2) is 0 Å². The molecule has 1 aromatic carbocycles. The van der Waals surface area contributed by atoms with Gasteiger partial charge in [0.05, 0.1) is 17.3 Å². The number of piperidine rings is 1. The van der Waals surface area contributed by atoms with E-state index in [1.54, 1.807) is 24.3 Å². The molecule has 1 fully saturated rings. The molecular formula is C18H25ClN4O3. The van der Waals surface area contributed by atoms with Gasteiger partial charge in [0.25, 0.3) is 11.1 Å². The fourth-order valence-corrected chi connectivity index (χ4v) is 3.44. The zero-order valence-corrected chi connectivity index (χ0v) is 15.7. The lowest BCUT2D eigenvalue weighted by atomic mass is 9.96. The van der Waals surface area contributed by atoms with E-state index in [1.807, 2.05) is 11.9 Å². The summed E-state index contributed by atoms with van der Waals surface area (Å²) in [5.74, 6) is 0.650. The Morgan fingerprint density at radius 2 is 1.85 bits per heavy atom. The van der Waals surface area contributed by atoms with Crippen molar-refractivity contribution in [3.63, 3.8) is 0 Å². The van der Waals surface area contributed by atoms with Crippen LogP contribution < -0.4 is 16.4 Å². The minimum Gasteiger partial charge on any atom is -0.343 e. The maximum absolute atomic E-state index is 12.4. The summed E-state index contributed by atoms with van der Waals surface area (Å²) in [5, 5.41) is 6.51. The highest BCUT2D eigenvalue weighted by Gasteiger charge is 2.22. The SMILES string of the molecule is CNCC1CCN(C(=O)CCn2[nH]c(=O)c3ccccc3c2=O)CC1.Cl. The van der Waals surface area contributed by atoms with E-state index >= 15 is 0 Å². The molecule has 26 heavy (non-hydrogen) atoms. The Bertz CT molecular complexity index is 869. The number of hydrogen-bond donors (Lipinski definition) is 2. The molecule has 8 heteroatoms.